The topological polar surface area (TPSA) is 143 Å². The molecule has 0 radical (unpaired) electrons. The van der Waals surface area contributed by atoms with Crippen molar-refractivity contribution < 1.29 is 22.7 Å². The van der Waals surface area contributed by atoms with E-state index in [9.17, 15) is 18.0 Å². The average molecular weight is 506 g/mol. The molecule has 1 amide bonds. The molecule has 4 aromatic rings. The van der Waals surface area contributed by atoms with Gasteiger partial charge in [-0.3, -0.25) is 9.52 Å². The molecule has 184 valence electrons. The van der Waals surface area contributed by atoms with Crippen LogP contribution in [0.4, 0.5) is 11.5 Å². The zero-order valence-electron chi connectivity index (χ0n) is 19.2. The van der Waals surface area contributed by atoms with E-state index in [0.717, 1.165) is 5.56 Å². The molecule has 0 aliphatic heterocycles. The van der Waals surface area contributed by atoms with Gasteiger partial charge in [-0.05, 0) is 55.0 Å². The Balaban J connectivity index is 1.37. The van der Waals surface area contributed by atoms with Crippen molar-refractivity contribution in [2.24, 2.45) is 0 Å². The quantitative estimate of drug-likeness (QED) is 0.293. The normalized spacial score (nSPS) is 11.9. The number of pyridine rings is 1. The van der Waals surface area contributed by atoms with Gasteiger partial charge < -0.3 is 15.0 Å². The lowest BCUT2D eigenvalue weighted by molar-refractivity contribution is -0.124. The SMILES string of the molecule is CCC(OC(=O)c1ccc(-c2ncc[nH]2)cc1)C(=O)Nc1ccc(S(=O)(=O)Nc2ccccn2)cc1. The van der Waals surface area contributed by atoms with E-state index >= 15 is 0 Å². The Morgan fingerprint density at radius 3 is 2.33 bits per heavy atom. The van der Waals surface area contributed by atoms with Gasteiger partial charge in [0.15, 0.2) is 6.10 Å². The number of carbonyl (C=O) groups excluding carboxylic acids is 2. The number of rotatable bonds is 9. The number of aromatic nitrogens is 3. The van der Waals surface area contributed by atoms with Gasteiger partial charge in [0.25, 0.3) is 15.9 Å². The maximum absolute atomic E-state index is 12.7. The van der Waals surface area contributed by atoms with E-state index in [1.54, 1.807) is 55.7 Å². The number of anilines is 2. The van der Waals surface area contributed by atoms with E-state index in [-0.39, 0.29) is 17.1 Å². The number of nitrogens with zero attached hydrogens (tertiary/aromatic N) is 2. The molecule has 4 rings (SSSR count). The monoisotopic (exact) mass is 505 g/mol. The molecular weight excluding hydrogens is 482 g/mol. The van der Waals surface area contributed by atoms with Crippen LogP contribution in [0.3, 0.4) is 0 Å². The number of H-pyrrole nitrogens is 1. The van der Waals surface area contributed by atoms with Gasteiger partial charge in [-0.1, -0.05) is 25.1 Å². The highest BCUT2D eigenvalue weighted by Gasteiger charge is 2.23. The van der Waals surface area contributed by atoms with Gasteiger partial charge in [0.1, 0.15) is 11.6 Å². The van der Waals surface area contributed by atoms with Crippen molar-refractivity contribution in [1.29, 1.82) is 0 Å². The van der Waals surface area contributed by atoms with Crippen molar-refractivity contribution in [3.63, 3.8) is 0 Å². The third-order valence-electron chi connectivity index (χ3n) is 5.14. The molecule has 10 nitrogen and oxygen atoms in total. The van der Waals surface area contributed by atoms with Gasteiger partial charge in [0.05, 0.1) is 10.5 Å². The second kappa shape index (κ2) is 10.8. The van der Waals surface area contributed by atoms with Crippen LogP contribution in [0.1, 0.15) is 23.7 Å². The smallest absolute Gasteiger partial charge is 0.338 e. The highest BCUT2D eigenvalue weighted by Crippen LogP contribution is 2.19. The number of ether oxygens (including phenoxy) is 1. The molecule has 36 heavy (non-hydrogen) atoms. The summed E-state index contributed by atoms with van der Waals surface area (Å²) in [4.78, 5) is 36.4. The summed E-state index contributed by atoms with van der Waals surface area (Å²) in [6.07, 6.45) is 4.03. The van der Waals surface area contributed by atoms with Crippen molar-refractivity contribution in [3.8, 4) is 11.4 Å². The van der Waals surface area contributed by atoms with Gasteiger partial charge in [-0.25, -0.2) is 23.2 Å². The maximum Gasteiger partial charge on any atom is 0.338 e. The number of nitrogens with one attached hydrogen (secondary N) is 3. The first-order valence-corrected chi connectivity index (χ1v) is 12.5. The second-order valence-corrected chi connectivity index (χ2v) is 9.33. The zero-order valence-corrected chi connectivity index (χ0v) is 20.0. The Bertz CT molecular complexity index is 1420. The molecule has 0 aliphatic rings. The van der Waals surface area contributed by atoms with Gasteiger partial charge >= 0.3 is 5.97 Å². The number of benzene rings is 2. The van der Waals surface area contributed by atoms with Crippen molar-refractivity contribution in [2.45, 2.75) is 24.3 Å². The summed E-state index contributed by atoms with van der Waals surface area (Å²) in [6.45, 7) is 1.72. The number of amides is 1. The highest BCUT2D eigenvalue weighted by molar-refractivity contribution is 7.92. The molecule has 0 bridgehead atoms. The first-order valence-electron chi connectivity index (χ1n) is 11.0. The van der Waals surface area contributed by atoms with E-state index in [1.807, 2.05) is 0 Å². The number of imidazole rings is 1. The van der Waals surface area contributed by atoms with Crippen molar-refractivity contribution in [2.75, 3.05) is 10.0 Å². The first-order chi connectivity index (χ1) is 17.4. The van der Waals surface area contributed by atoms with Crippen LogP contribution in [0.25, 0.3) is 11.4 Å². The maximum atomic E-state index is 12.7. The third-order valence-corrected chi connectivity index (χ3v) is 6.51. The minimum Gasteiger partial charge on any atom is -0.449 e. The van der Waals surface area contributed by atoms with Crippen LogP contribution in [-0.4, -0.2) is 41.4 Å². The van der Waals surface area contributed by atoms with Crippen LogP contribution < -0.4 is 10.0 Å². The van der Waals surface area contributed by atoms with Crippen LogP contribution in [0, 0.1) is 0 Å². The van der Waals surface area contributed by atoms with Gasteiger partial charge in [-0.15, -0.1) is 0 Å². The highest BCUT2D eigenvalue weighted by atomic mass is 32.2. The molecular formula is C25H23N5O5S. The van der Waals surface area contributed by atoms with E-state index < -0.39 is 28.0 Å². The van der Waals surface area contributed by atoms with Crippen molar-refractivity contribution in [3.05, 3.63) is 90.9 Å². The lowest BCUT2D eigenvalue weighted by Gasteiger charge is -2.16. The van der Waals surface area contributed by atoms with Gasteiger partial charge in [0, 0.05) is 29.8 Å². The third kappa shape index (κ3) is 5.94. The number of hydrogen-bond donors (Lipinski definition) is 3. The summed E-state index contributed by atoms with van der Waals surface area (Å²) in [7, 11) is -3.84. The van der Waals surface area contributed by atoms with Gasteiger partial charge in [-0.2, -0.15) is 0 Å². The Labute approximate surface area is 207 Å². The van der Waals surface area contributed by atoms with Gasteiger partial charge in [0.2, 0.25) is 0 Å². The fraction of sp³-hybridized carbons (Fsp3) is 0.120. The molecule has 3 N–H and O–H groups in total. The molecule has 0 spiro atoms. The number of sulfonamides is 1. The van der Waals surface area contributed by atoms with Crippen LogP contribution in [0.15, 0.2) is 90.2 Å². The summed E-state index contributed by atoms with van der Waals surface area (Å²) in [5, 5.41) is 2.65. The Morgan fingerprint density at radius 2 is 1.72 bits per heavy atom. The number of hydrogen-bond acceptors (Lipinski definition) is 7. The standard InChI is InChI=1S/C25H23N5O5S/c1-2-21(35-25(32)18-8-6-17(7-9-18)23-27-15-16-28-23)24(31)29-19-10-12-20(13-11-19)36(33,34)30-22-5-3-4-14-26-22/h3-16,21H,2H2,1H3,(H,26,30)(H,27,28)(H,29,31). The molecule has 1 atom stereocenters. The molecule has 0 fully saturated rings. The van der Waals surface area contributed by atoms with E-state index in [1.165, 1.54) is 36.5 Å². The molecule has 2 aromatic heterocycles. The Morgan fingerprint density at radius 1 is 0.972 bits per heavy atom. The first kappa shape index (κ1) is 24.6. The fourth-order valence-corrected chi connectivity index (χ4v) is 4.28. The molecule has 11 heteroatoms. The van der Waals surface area contributed by atoms with E-state index in [2.05, 4.69) is 25.0 Å². The van der Waals surface area contributed by atoms with Crippen LogP contribution in [-0.2, 0) is 19.6 Å². The molecule has 2 aromatic carbocycles. The summed E-state index contributed by atoms with van der Waals surface area (Å²) in [6, 6.07) is 17.1. The lowest BCUT2D eigenvalue weighted by atomic mass is 10.1. The summed E-state index contributed by atoms with van der Waals surface area (Å²) in [5.74, 6) is -0.296. The van der Waals surface area contributed by atoms with Crippen molar-refractivity contribution >= 4 is 33.4 Å². The largest absolute Gasteiger partial charge is 0.449 e. The minimum atomic E-state index is -3.84. The molecule has 0 saturated carbocycles. The average Bonchev–Trinajstić information content (AvgIpc) is 3.43. The number of esters is 1. The van der Waals surface area contributed by atoms with Crippen LogP contribution in [0.2, 0.25) is 0 Å². The van der Waals surface area contributed by atoms with Crippen LogP contribution >= 0.6 is 0 Å². The number of carbonyl (C=O) groups is 2. The van der Waals surface area contributed by atoms with Crippen LogP contribution in [0.5, 0.6) is 0 Å². The summed E-state index contributed by atoms with van der Waals surface area (Å²) >= 11 is 0. The molecule has 2 heterocycles. The summed E-state index contributed by atoms with van der Waals surface area (Å²) < 4.78 is 32.9. The summed E-state index contributed by atoms with van der Waals surface area (Å²) in [5.41, 5.74) is 1.46. The zero-order chi connectivity index (χ0) is 25.5. The van der Waals surface area contributed by atoms with Crippen molar-refractivity contribution in [1.82, 2.24) is 15.0 Å². The lowest BCUT2D eigenvalue weighted by Crippen LogP contribution is -2.32. The Kier molecular flexibility index (Phi) is 7.40. The molecule has 0 aliphatic carbocycles. The minimum absolute atomic E-state index is 0.00242. The Hall–Kier alpha value is -4.51. The second-order valence-electron chi connectivity index (χ2n) is 7.65. The molecule has 1 unspecified atom stereocenters. The molecule has 0 saturated heterocycles. The number of aromatic amines is 1. The fourth-order valence-electron chi connectivity index (χ4n) is 3.27. The predicted octanol–water partition coefficient (Wildman–Crippen LogP) is 3.85. The van der Waals surface area contributed by atoms with E-state index in [0.29, 0.717) is 17.1 Å². The predicted molar refractivity (Wildman–Crippen MR) is 134 cm³/mol. The van der Waals surface area contributed by atoms with E-state index in [4.69, 9.17) is 4.74 Å².